The van der Waals surface area contributed by atoms with Crippen LogP contribution in [0.1, 0.15) is 216 Å². The Labute approximate surface area is 878 Å². The van der Waals surface area contributed by atoms with E-state index in [4.69, 9.17) is 141 Å². The minimum atomic E-state index is 0.110. The number of carbonyl (C=O) groups excluding carboxylic acids is 5. The summed E-state index contributed by atoms with van der Waals surface area (Å²) in [4.78, 5) is 91.6. The van der Waals surface area contributed by atoms with E-state index in [-0.39, 0.29) is 29.5 Å². The van der Waals surface area contributed by atoms with Crippen LogP contribution in [0, 0.1) is 0 Å². The third-order valence-corrected chi connectivity index (χ3v) is 26.7. The Morgan fingerprint density at radius 3 is 0.669 bits per heavy atom. The molecule has 5 aromatic heterocycles. The van der Waals surface area contributed by atoms with Crippen molar-refractivity contribution in [2.75, 3.05) is 184 Å². The van der Waals surface area contributed by atoms with Crippen LogP contribution >= 0.6 is 116 Å². The fourth-order valence-corrected chi connectivity index (χ4v) is 19.2. The quantitative estimate of drug-likeness (QED) is 0.0176. The molecule has 0 atom stereocenters. The van der Waals surface area contributed by atoms with E-state index in [1.807, 2.05) is 0 Å². The minimum Gasteiger partial charge on any atom is -0.369 e. The highest BCUT2D eigenvalue weighted by Gasteiger charge is 2.21. The number of anilines is 5. The zero-order valence-electron chi connectivity index (χ0n) is 84.4. The molecule has 0 saturated heterocycles. The molecule has 0 saturated carbocycles. The average molecular weight is 2120 g/mol. The molecule has 5 N–H and O–H groups in total. The van der Waals surface area contributed by atoms with E-state index in [0.29, 0.717) is 90.9 Å². The number of nitrogens with one attached hydrogen (secondary N) is 5. The molecule has 0 bridgehead atoms. The number of halogens is 10. The zero-order valence-corrected chi connectivity index (χ0v) is 91.9. The number of alkyl halides is 10. The number of carbonyl (C=O) groups is 5. The summed E-state index contributed by atoms with van der Waals surface area (Å²) in [6, 6.07) is 32.1. The number of aromatic nitrogens is 10. The van der Waals surface area contributed by atoms with Crippen molar-refractivity contribution >= 4 is 229 Å². The smallest absolute Gasteiger partial charge is 0.219 e. The van der Waals surface area contributed by atoms with Gasteiger partial charge in [0.15, 0.2) is 0 Å². The highest BCUT2D eigenvalue weighted by molar-refractivity contribution is 6.20. The maximum atomic E-state index is 11.3. The third kappa shape index (κ3) is 41.4. The SMILES string of the molecule is CCCn1c(CCCCCCCC(=O)NC)nc2cc(N(CCCl)CCCl)ccc21.CCn1c(CCCCCCC(=O)NC)nc2cc(N(CCCl)CCCl)ccc21.CNC(=O)CCCCCCCc1nc2cc(N(CCCl)CCCl)ccc2n1C.CNC(=O)CCCCCCc1nc2cc(N(CCCl)CCCl)ccc2n1C.CNC(=O)CCCCCc1nc2cc(N(CCCl)CCCl)ccc2n1C. The van der Waals surface area contributed by atoms with E-state index >= 15 is 0 Å². The summed E-state index contributed by atoms with van der Waals surface area (Å²) >= 11 is 59.4. The van der Waals surface area contributed by atoms with Crippen molar-refractivity contribution in [3.63, 3.8) is 0 Å². The van der Waals surface area contributed by atoms with Crippen molar-refractivity contribution in [3.8, 4) is 0 Å². The van der Waals surface area contributed by atoms with E-state index in [9.17, 15) is 24.0 Å². The Morgan fingerprint density at radius 2 is 0.446 bits per heavy atom. The zero-order chi connectivity index (χ0) is 101. The lowest BCUT2D eigenvalue weighted by atomic mass is 10.1. The van der Waals surface area contributed by atoms with Gasteiger partial charge >= 0.3 is 0 Å². The molecule has 0 aliphatic carbocycles. The Hall–Kier alpha value is -7.30. The van der Waals surface area contributed by atoms with Crippen LogP contribution in [0.2, 0.25) is 0 Å². The maximum absolute atomic E-state index is 11.3. The van der Waals surface area contributed by atoms with E-state index in [2.05, 4.69) is 200 Å². The fourth-order valence-electron chi connectivity index (χ4n) is 17.2. The van der Waals surface area contributed by atoms with Crippen LogP contribution in [0.4, 0.5) is 28.4 Å². The Bertz CT molecular complexity index is 5150. The topological polar surface area (TPSA) is 251 Å². The van der Waals surface area contributed by atoms with Crippen LogP contribution in [0.3, 0.4) is 0 Å². The number of hydrogen-bond acceptors (Lipinski definition) is 15. The monoisotopic (exact) mass is 2120 g/mol. The van der Waals surface area contributed by atoms with E-state index in [1.54, 1.807) is 35.2 Å². The summed E-state index contributed by atoms with van der Waals surface area (Å²) < 4.78 is 11.2. The van der Waals surface area contributed by atoms with Gasteiger partial charge in [-0.15, -0.1) is 116 Å². The molecule has 0 aliphatic heterocycles. The first-order valence-corrected chi connectivity index (χ1v) is 55.7. The summed E-state index contributed by atoms with van der Waals surface area (Å²) in [6.45, 7) is 14.0. The van der Waals surface area contributed by atoms with E-state index < -0.39 is 0 Å². The van der Waals surface area contributed by atoms with Gasteiger partial charge < -0.3 is 73.9 Å². The first-order valence-electron chi connectivity index (χ1n) is 50.3. The molecule has 0 aliphatic rings. The number of fused-ring (bicyclic) bond motifs is 5. The molecular formula is C104H158Cl10N20O5. The van der Waals surface area contributed by atoms with Crippen LogP contribution < -0.4 is 51.1 Å². The minimum absolute atomic E-state index is 0.110. The molecule has 0 unspecified atom stereocenters. The predicted octanol–water partition coefficient (Wildman–Crippen LogP) is 22.2. The number of benzene rings is 5. The van der Waals surface area contributed by atoms with Gasteiger partial charge in [-0.3, -0.25) is 24.0 Å². The van der Waals surface area contributed by atoms with Crippen LogP contribution in [0.15, 0.2) is 91.0 Å². The average Bonchev–Trinajstić information content (AvgIpc) is 1.65. The number of aryl methyl sites for hydroxylation is 10. The molecule has 10 rings (SSSR count). The molecule has 5 aromatic carbocycles. The molecule has 25 nitrogen and oxygen atoms in total. The second kappa shape index (κ2) is 70.4. The Balaban J connectivity index is 0.000000267. The maximum Gasteiger partial charge on any atom is 0.219 e. The van der Waals surface area contributed by atoms with Gasteiger partial charge in [0.25, 0.3) is 0 Å². The van der Waals surface area contributed by atoms with Crippen LogP contribution in [0.25, 0.3) is 55.2 Å². The van der Waals surface area contributed by atoms with Crippen LogP contribution in [0.5, 0.6) is 0 Å². The van der Waals surface area contributed by atoms with Gasteiger partial charge in [0, 0.05) is 286 Å². The van der Waals surface area contributed by atoms with Gasteiger partial charge in [0.2, 0.25) is 29.5 Å². The van der Waals surface area contributed by atoms with Crippen molar-refractivity contribution in [1.29, 1.82) is 0 Å². The molecule has 0 fully saturated rings. The normalized spacial score (nSPS) is 11.1. The molecule has 35 heteroatoms. The predicted molar refractivity (Wildman–Crippen MR) is 595 cm³/mol. The molecule has 5 heterocycles. The molecule has 5 amide bonds. The molecular weight excluding hydrogens is 1960 g/mol. The highest BCUT2D eigenvalue weighted by atomic mass is 35.5. The molecule has 10 aromatic rings. The number of hydrogen-bond donors (Lipinski definition) is 5. The number of rotatable bonds is 64. The first kappa shape index (κ1) is 120. The molecule has 0 radical (unpaired) electrons. The van der Waals surface area contributed by atoms with Crippen molar-refractivity contribution < 1.29 is 24.0 Å². The largest absolute Gasteiger partial charge is 0.369 e. The summed E-state index contributed by atoms with van der Waals surface area (Å²) in [7, 11) is 14.7. The number of unbranched alkanes of at least 4 members (excludes halogenated alkanes) is 16. The lowest BCUT2D eigenvalue weighted by Gasteiger charge is -2.22. The van der Waals surface area contributed by atoms with Crippen molar-refractivity contribution in [1.82, 2.24) is 74.3 Å². The van der Waals surface area contributed by atoms with Crippen molar-refractivity contribution in [2.24, 2.45) is 21.1 Å². The number of imidazole rings is 5. The third-order valence-electron chi connectivity index (χ3n) is 25.0. The van der Waals surface area contributed by atoms with Crippen molar-refractivity contribution in [3.05, 3.63) is 120 Å². The highest BCUT2D eigenvalue weighted by Crippen LogP contribution is 2.31. The molecule has 0 spiro atoms. The number of amides is 5. The Kier molecular flexibility index (Phi) is 61.0. The van der Waals surface area contributed by atoms with Crippen LogP contribution in [-0.4, -0.2) is 237 Å². The molecule has 774 valence electrons. The van der Waals surface area contributed by atoms with Gasteiger partial charge in [-0.25, -0.2) is 24.9 Å². The lowest BCUT2D eigenvalue weighted by Crippen LogP contribution is -2.27. The fraction of sp³-hybridized carbons (Fsp3) is 0.615. The van der Waals surface area contributed by atoms with Gasteiger partial charge in [0.05, 0.1) is 55.2 Å². The lowest BCUT2D eigenvalue weighted by molar-refractivity contribution is -0.121. The van der Waals surface area contributed by atoms with Gasteiger partial charge in [-0.2, -0.15) is 0 Å². The van der Waals surface area contributed by atoms with E-state index in [0.717, 1.165) is 329 Å². The second-order valence-corrected chi connectivity index (χ2v) is 38.5. The van der Waals surface area contributed by atoms with E-state index in [1.165, 1.54) is 36.1 Å². The summed E-state index contributed by atoms with van der Waals surface area (Å²) in [5.41, 5.74) is 16.5. The molecule has 139 heavy (non-hydrogen) atoms. The summed E-state index contributed by atoms with van der Waals surface area (Å²) in [5, 5.41) is 13.3. The Morgan fingerprint density at radius 1 is 0.259 bits per heavy atom. The first-order chi connectivity index (χ1) is 67.6. The summed E-state index contributed by atoms with van der Waals surface area (Å²) in [5.74, 6) is 12.0. The van der Waals surface area contributed by atoms with Gasteiger partial charge in [-0.05, 0) is 169 Å². The number of nitrogens with zero attached hydrogens (tertiary/aromatic N) is 15. The summed E-state index contributed by atoms with van der Waals surface area (Å²) in [6.07, 6.45) is 31.5. The van der Waals surface area contributed by atoms with Crippen molar-refractivity contribution in [2.45, 2.75) is 232 Å². The second-order valence-electron chi connectivity index (χ2n) is 34.7. The van der Waals surface area contributed by atoms with Gasteiger partial charge in [0.1, 0.15) is 29.1 Å². The standard InChI is InChI=1S/C23H36Cl2N4O.2C21H32Cl2N4O.C20H30Cl2N4O.C19H28Cl2N4O/c1-3-15-29-21-12-11-19(28(16-13-24)17-14-25)18-20(21)27-22(29)9-7-5-4-6-8-10-23(30)26-2;1-24-21(28)9-7-5-3-4-6-8-20-25-18-16-17(10-11-19(18)26(20)2)27(14-12-22)15-13-23;1-3-27-19-11-10-17(26(14-12-22)15-13-23)16-18(19)25-20(27)8-6-4-5-7-9-21(28)24-2;1-23-20(27)8-6-4-3-5-7-19-24-17-15-16(9-10-18(17)25(19)2)26(13-11-21)14-12-22;1-22-19(26)7-5-3-4-6-18-23-16-14-15(8-9-17(16)24(18)2)25(12-10-20)13-11-21/h11-12,18H,3-10,13-17H2,1-2H3,(H,26,30);2*10-11,16H,3-9,12-15H2,1-2H3,(H,24,28);9-10,15H,3-8,11-14H2,1-2H3,(H,23,27);8-9,14H,3-7,10-13H2,1-2H3,(H,22,26). The van der Waals surface area contributed by atoms with Gasteiger partial charge in [-0.1, -0.05) is 77.6 Å². The van der Waals surface area contributed by atoms with Crippen LogP contribution in [-0.2, 0) is 90.3 Å².